The van der Waals surface area contributed by atoms with Gasteiger partial charge in [-0.1, -0.05) is 6.07 Å². The molecule has 2 N–H and O–H groups in total. The molecule has 2 rings (SSSR count). The third-order valence-corrected chi connectivity index (χ3v) is 3.21. The molecular weight excluding hydrogens is 302 g/mol. The molecule has 0 spiro atoms. The van der Waals surface area contributed by atoms with Crippen molar-refractivity contribution in [1.82, 2.24) is 5.32 Å². The summed E-state index contributed by atoms with van der Waals surface area (Å²) in [6.07, 6.45) is 0. The van der Waals surface area contributed by atoms with Crippen molar-refractivity contribution < 1.29 is 18.3 Å². The van der Waals surface area contributed by atoms with E-state index in [9.17, 15) is 13.6 Å². The third-order valence-electron chi connectivity index (χ3n) is 3.21. The maximum Gasteiger partial charge on any atom is 0.319 e. The first-order valence-electron chi connectivity index (χ1n) is 7.25. The second-order valence-corrected chi connectivity index (χ2v) is 4.95. The summed E-state index contributed by atoms with van der Waals surface area (Å²) in [4.78, 5) is 11.9. The molecule has 0 saturated carbocycles. The summed E-state index contributed by atoms with van der Waals surface area (Å²) in [7, 11) is 0. The zero-order valence-electron chi connectivity index (χ0n) is 12.9. The average Bonchev–Trinajstić information content (AvgIpc) is 2.52. The highest BCUT2D eigenvalue weighted by Gasteiger charge is 2.12. The highest BCUT2D eigenvalue weighted by atomic mass is 19.2. The zero-order valence-corrected chi connectivity index (χ0v) is 12.9. The number of urea groups is 1. The third kappa shape index (κ3) is 4.67. The summed E-state index contributed by atoms with van der Waals surface area (Å²) >= 11 is 0. The Hall–Kier alpha value is -2.63. The highest BCUT2D eigenvalue weighted by Crippen LogP contribution is 2.18. The Bertz CT molecular complexity index is 675. The summed E-state index contributed by atoms with van der Waals surface area (Å²) in [5.41, 5.74) is 1.08. The van der Waals surface area contributed by atoms with E-state index in [1.807, 2.05) is 6.92 Å². The van der Waals surface area contributed by atoms with Gasteiger partial charge in [0.05, 0.1) is 12.6 Å². The minimum absolute atomic E-state index is 0.439. The number of carbonyl (C=O) groups is 1. The van der Waals surface area contributed by atoms with Gasteiger partial charge in [0.15, 0.2) is 11.6 Å². The SMILES string of the molecule is CCOc1ccc(NC(=O)N[C@@H](C)c2ccc(F)c(F)c2)cc1. The fourth-order valence-corrected chi connectivity index (χ4v) is 2.03. The Kier molecular flexibility index (Phi) is 5.51. The van der Waals surface area contributed by atoms with E-state index in [1.54, 1.807) is 31.2 Å². The molecule has 0 saturated heterocycles. The number of amides is 2. The lowest BCUT2D eigenvalue weighted by atomic mass is 10.1. The number of rotatable bonds is 5. The molecular formula is C17H18F2N2O2. The Morgan fingerprint density at radius 2 is 1.83 bits per heavy atom. The lowest BCUT2D eigenvalue weighted by Gasteiger charge is -2.15. The van der Waals surface area contributed by atoms with Crippen LogP contribution in [0, 0.1) is 11.6 Å². The van der Waals surface area contributed by atoms with Gasteiger partial charge >= 0.3 is 6.03 Å². The molecule has 0 aliphatic heterocycles. The first-order valence-corrected chi connectivity index (χ1v) is 7.25. The summed E-state index contributed by atoms with van der Waals surface area (Å²) in [5.74, 6) is -1.14. The standard InChI is InChI=1S/C17H18F2N2O2/c1-3-23-14-7-5-13(6-8-14)21-17(22)20-11(2)12-4-9-15(18)16(19)10-12/h4-11H,3H2,1-2H3,(H2,20,21,22)/t11-/m0/s1. The fraction of sp³-hybridized carbons (Fsp3) is 0.235. The number of nitrogens with one attached hydrogen (secondary N) is 2. The van der Waals surface area contributed by atoms with Crippen LogP contribution in [-0.4, -0.2) is 12.6 Å². The van der Waals surface area contributed by atoms with Gasteiger partial charge in [-0.3, -0.25) is 0 Å². The molecule has 2 aromatic carbocycles. The molecule has 1 atom stereocenters. The van der Waals surface area contributed by atoms with Gasteiger partial charge in [-0.15, -0.1) is 0 Å². The van der Waals surface area contributed by atoms with Gasteiger partial charge in [-0.05, 0) is 55.8 Å². The molecule has 23 heavy (non-hydrogen) atoms. The van der Waals surface area contributed by atoms with Crippen LogP contribution in [0.4, 0.5) is 19.3 Å². The van der Waals surface area contributed by atoms with Crippen LogP contribution in [0.25, 0.3) is 0 Å². The number of carbonyl (C=O) groups excluding carboxylic acids is 1. The van der Waals surface area contributed by atoms with E-state index in [0.717, 1.165) is 12.1 Å². The van der Waals surface area contributed by atoms with Crippen LogP contribution >= 0.6 is 0 Å². The molecule has 0 bridgehead atoms. The minimum Gasteiger partial charge on any atom is -0.494 e. The van der Waals surface area contributed by atoms with Crippen molar-refractivity contribution in [3.63, 3.8) is 0 Å². The van der Waals surface area contributed by atoms with Crippen molar-refractivity contribution in [3.05, 3.63) is 59.7 Å². The molecule has 122 valence electrons. The maximum atomic E-state index is 13.2. The number of hydrogen-bond acceptors (Lipinski definition) is 2. The van der Waals surface area contributed by atoms with Gasteiger partial charge in [0.25, 0.3) is 0 Å². The van der Waals surface area contributed by atoms with Crippen molar-refractivity contribution in [3.8, 4) is 5.75 Å². The minimum atomic E-state index is -0.942. The Morgan fingerprint density at radius 3 is 2.43 bits per heavy atom. The molecule has 0 unspecified atom stereocenters. The van der Waals surface area contributed by atoms with E-state index in [0.29, 0.717) is 23.6 Å². The molecule has 0 heterocycles. The van der Waals surface area contributed by atoms with Crippen LogP contribution in [0.1, 0.15) is 25.5 Å². The molecule has 2 aromatic rings. The maximum absolute atomic E-state index is 13.2. The summed E-state index contributed by atoms with van der Waals surface area (Å²) < 4.78 is 31.4. The highest BCUT2D eigenvalue weighted by molar-refractivity contribution is 5.89. The van der Waals surface area contributed by atoms with E-state index in [-0.39, 0.29) is 0 Å². The second-order valence-electron chi connectivity index (χ2n) is 4.95. The largest absolute Gasteiger partial charge is 0.494 e. The normalized spacial score (nSPS) is 11.7. The quantitative estimate of drug-likeness (QED) is 0.865. The van der Waals surface area contributed by atoms with Crippen LogP contribution in [0.2, 0.25) is 0 Å². The van der Waals surface area contributed by atoms with E-state index in [4.69, 9.17) is 4.74 Å². The monoisotopic (exact) mass is 320 g/mol. The number of halogens is 2. The molecule has 0 radical (unpaired) electrons. The van der Waals surface area contributed by atoms with E-state index >= 15 is 0 Å². The molecule has 0 fully saturated rings. The zero-order chi connectivity index (χ0) is 16.8. The summed E-state index contributed by atoms with van der Waals surface area (Å²) in [6, 6.07) is 9.55. The summed E-state index contributed by atoms with van der Waals surface area (Å²) in [5, 5.41) is 5.33. The van der Waals surface area contributed by atoms with Gasteiger partial charge < -0.3 is 15.4 Å². The molecule has 0 aliphatic rings. The van der Waals surface area contributed by atoms with Gasteiger partial charge in [-0.2, -0.15) is 0 Å². The van der Waals surface area contributed by atoms with Gasteiger partial charge in [0.2, 0.25) is 0 Å². The Balaban J connectivity index is 1.94. The van der Waals surface area contributed by atoms with E-state index < -0.39 is 23.7 Å². The van der Waals surface area contributed by atoms with E-state index in [2.05, 4.69) is 10.6 Å². The lowest BCUT2D eigenvalue weighted by Crippen LogP contribution is -2.31. The summed E-state index contributed by atoms with van der Waals surface area (Å²) in [6.45, 7) is 4.14. The van der Waals surface area contributed by atoms with Crippen molar-refractivity contribution in [2.75, 3.05) is 11.9 Å². The smallest absolute Gasteiger partial charge is 0.319 e. The van der Waals surface area contributed by atoms with Crippen LogP contribution in [0.3, 0.4) is 0 Å². The predicted octanol–water partition coefficient (Wildman–Crippen LogP) is 4.25. The van der Waals surface area contributed by atoms with Crippen LogP contribution < -0.4 is 15.4 Å². The first-order chi connectivity index (χ1) is 11.0. The Labute approximate surface area is 133 Å². The van der Waals surface area contributed by atoms with Crippen molar-refractivity contribution in [2.45, 2.75) is 19.9 Å². The number of hydrogen-bond donors (Lipinski definition) is 2. The topological polar surface area (TPSA) is 50.4 Å². The lowest BCUT2D eigenvalue weighted by molar-refractivity contribution is 0.249. The van der Waals surface area contributed by atoms with Crippen molar-refractivity contribution >= 4 is 11.7 Å². The fourth-order valence-electron chi connectivity index (χ4n) is 2.03. The second kappa shape index (κ2) is 7.58. The first kappa shape index (κ1) is 16.7. The molecule has 0 aromatic heterocycles. The average molecular weight is 320 g/mol. The molecule has 6 heteroatoms. The number of benzene rings is 2. The Morgan fingerprint density at radius 1 is 1.13 bits per heavy atom. The van der Waals surface area contributed by atoms with Crippen molar-refractivity contribution in [1.29, 1.82) is 0 Å². The van der Waals surface area contributed by atoms with Crippen LogP contribution in [0.5, 0.6) is 5.75 Å². The van der Waals surface area contributed by atoms with Crippen LogP contribution in [-0.2, 0) is 0 Å². The van der Waals surface area contributed by atoms with Crippen molar-refractivity contribution in [2.24, 2.45) is 0 Å². The van der Waals surface area contributed by atoms with E-state index in [1.165, 1.54) is 6.07 Å². The number of ether oxygens (including phenoxy) is 1. The predicted molar refractivity (Wildman–Crippen MR) is 84.5 cm³/mol. The van der Waals surface area contributed by atoms with Crippen LogP contribution in [0.15, 0.2) is 42.5 Å². The van der Waals surface area contributed by atoms with Gasteiger partial charge in [-0.25, -0.2) is 13.6 Å². The molecule has 0 aliphatic carbocycles. The van der Waals surface area contributed by atoms with Gasteiger partial charge in [0.1, 0.15) is 5.75 Å². The van der Waals surface area contributed by atoms with Gasteiger partial charge in [0, 0.05) is 5.69 Å². The molecule has 4 nitrogen and oxygen atoms in total. The number of anilines is 1. The molecule has 2 amide bonds.